The maximum absolute atomic E-state index is 12.9. The molecule has 4 aromatic rings. The lowest BCUT2D eigenvalue weighted by Crippen LogP contribution is -2.23. The number of halogens is 2. The summed E-state index contributed by atoms with van der Waals surface area (Å²) in [5, 5.41) is 12.7. The minimum Gasteiger partial charge on any atom is -0.348 e. The largest absolute Gasteiger partial charge is 0.348 e. The fourth-order valence-electron chi connectivity index (χ4n) is 3.66. The maximum atomic E-state index is 12.9. The Labute approximate surface area is 188 Å². The number of aryl methyl sites for hydroxylation is 2. The number of fused-ring (bicyclic) bond motifs is 1. The molecule has 0 spiro atoms. The van der Waals surface area contributed by atoms with Crippen LogP contribution in [0.25, 0.3) is 22.0 Å². The number of amides is 1. The fraction of sp³-hybridized carbons (Fsp3) is 0.167. The summed E-state index contributed by atoms with van der Waals surface area (Å²) in [7, 11) is 0. The molecule has 2 N–H and O–H groups in total. The molecule has 152 valence electrons. The van der Waals surface area contributed by atoms with Gasteiger partial charge in [-0.15, -0.1) is 0 Å². The molecule has 4 rings (SSSR count). The molecule has 0 saturated heterocycles. The van der Waals surface area contributed by atoms with Gasteiger partial charge in [0, 0.05) is 27.8 Å². The number of nitrogens with one attached hydrogen (secondary N) is 2. The van der Waals surface area contributed by atoms with Gasteiger partial charge in [0.05, 0.1) is 11.7 Å². The summed E-state index contributed by atoms with van der Waals surface area (Å²) in [6.07, 6.45) is 1.83. The third-order valence-corrected chi connectivity index (χ3v) is 6.28. The van der Waals surface area contributed by atoms with Gasteiger partial charge in [-0.1, -0.05) is 51.8 Å². The number of carbonyl (C=O) groups is 1. The van der Waals surface area contributed by atoms with Crippen LogP contribution in [0.3, 0.4) is 0 Å². The predicted molar refractivity (Wildman–Crippen MR) is 126 cm³/mol. The zero-order chi connectivity index (χ0) is 21.3. The molecule has 0 radical (unpaired) electrons. The Morgan fingerprint density at radius 1 is 1.07 bits per heavy atom. The van der Waals surface area contributed by atoms with Gasteiger partial charge in [0.2, 0.25) is 0 Å². The van der Waals surface area contributed by atoms with Crippen LogP contribution < -0.4 is 5.32 Å². The van der Waals surface area contributed by atoms with Gasteiger partial charge in [0.1, 0.15) is 0 Å². The fourth-order valence-corrected chi connectivity index (χ4v) is 4.10. The Morgan fingerprint density at radius 2 is 1.90 bits per heavy atom. The highest BCUT2D eigenvalue weighted by molar-refractivity contribution is 9.08. The van der Waals surface area contributed by atoms with Gasteiger partial charge in [-0.05, 0) is 71.5 Å². The number of benzene rings is 3. The van der Waals surface area contributed by atoms with Crippen molar-refractivity contribution in [3.8, 4) is 11.1 Å². The van der Waals surface area contributed by atoms with Gasteiger partial charge in [-0.25, -0.2) is 0 Å². The first-order chi connectivity index (χ1) is 14.5. The topological polar surface area (TPSA) is 57.8 Å². The molecule has 6 heteroatoms. The zero-order valence-corrected chi connectivity index (χ0v) is 19.1. The smallest absolute Gasteiger partial charge is 0.251 e. The predicted octanol–water partition coefficient (Wildman–Crippen LogP) is 6.33. The summed E-state index contributed by atoms with van der Waals surface area (Å²) in [6, 6.07) is 15.9. The summed E-state index contributed by atoms with van der Waals surface area (Å²) in [6.45, 7) is 4.48. The lowest BCUT2D eigenvalue weighted by atomic mass is 9.94. The second-order valence-electron chi connectivity index (χ2n) is 7.41. The van der Waals surface area contributed by atoms with Crippen LogP contribution in [-0.4, -0.2) is 16.1 Å². The highest BCUT2D eigenvalue weighted by Crippen LogP contribution is 2.32. The van der Waals surface area contributed by atoms with Crippen LogP contribution in [0.4, 0.5) is 0 Å². The monoisotopic (exact) mass is 481 g/mol. The van der Waals surface area contributed by atoms with Gasteiger partial charge < -0.3 is 5.32 Å². The van der Waals surface area contributed by atoms with Gasteiger partial charge >= 0.3 is 0 Å². The van der Waals surface area contributed by atoms with Crippen LogP contribution in [0.5, 0.6) is 0 Å². The molecule has 0 bridgehead atoms. The molecule has 0 aliphatic heterocycles. The third kappa shape index (κ3) is 4.13. The van der Waals surface area contributed by atoms with E-state index in [1.165, 1.54) is 0 Å². The summed E-state index contributed by atoms with van der Waals surface area (Å²) in [4.78, 5) is 12.9. The highest BCUT2D eigenvalue weighted by atomic mass is 79.9. The molecule has 1 heterocycles. The average Bonchev–Trinajstić information content (AvgIpc) is 3.22. The number of rotatable bonds is 5. The summed E-state index contributed by atoms with van der Waals surface area (Å²) in [5.41, 5.74) is 7.89. The molecule has 1 amide bonds. The Kier molecular flexibility index (Phi) is 5.93. The first-order valence-corrected chi connectivity index (χ1v) is 11.1. The Morgan fingerprint density at radius 3 is 2.67 bits per heavy atom. The van der Waals surface area contributed by atoms with Crippen LogP contribution in [0.1, 0.15) is 32.6 Å². The minimum atomic E-state index is -0.108. The lowest BCUT2D eigenvalue weighted by molar-refractivity contribution is 0.0951. The number of hydrogen-bond acceptors (Lipinski definition) is 2. The highest BCUT2D eigenvalue weighted by Gasteiger charge is 2.14. The number of aromatic nitrogens is 2. The van der Waals surface area contributed by atoms with Crippen LogP contribution >= 0.6 is 27.5 Å². The van der Waals surface area contributed by atoms with Gasteiger partial charge in [0.25, 0.3) is 5.91 Å². The van der Waals surface area contributed by atoms with E-state index in [4.69, 9.17) is 11.6 Å². The Bertz CT molecular complexity index is 1250. The summed E-state index contributed by atoms with van der Waals surface area (Å²) >= 11 is 9.63. The van der Waals surface area contributed by atoms with Crippen molar-refractivity contribution >= 4 is 44.3 Å². The zero-order valence-electron chi connectivity index (χ0n) is 16.7. The summed E-state index contributed by atoms with van der Waals surface area (Å²) in [5.74, 6) is -0.108. The Hall–Kier alpha value is -2.63. The van der Waals surface area contributed by atoms with Crippen LogP contribution in [-0.2, 0) is 11.9 Å². The van der Waals surface area contributed by atoms with E-state index in [9.17, 15) is 4.79 Å². The van der Waals surface area contributed by atoms with Crippen molar-refractivity contribution in [2.45, 2.75) is 25.7 Å². The standard InChI is InChI=1S/C24H21BrClN3O/c1-14-3-6-22-20(13-28-29-22)23(14)18-8-17(11-25)9-19(10-18)24(30)27-12-16-4-5-21(26)15(2)7-16/h3-10,13H,11-12H2,1-2H3,(H,27,30)(H,28,29). The molecule has 0 atom stereocenters. The lowest BCUT2D eigenvalue weighted by Gasteiger charge is -2.13. The van der Waals surface area contributed by atoms with E-state index >= 15 is 0 Å². The van der Waals surface area contributed by atoms with Crippen LogP contribution in [0, 0.1) is 13.8 Å². The van der Waals surface area contributed by atoms with Gasteiger partial charge in [0.15, 0.2) is 0 Å². The van der Waals surface area contributed by atoms with E-state index in [1.807, 2.05) is 49.5 Å². The number of aromatic amines is 1. The quantitative estimate of drug-likeness (QED) is 0.327. The second-order valence-corrected chi connectivity index (χ2v) is 8.38. The number of hydrogen-bond donors (Lipinski definition) is 2. The molecular weight excluding hydrogens is 462 g/mol. The van der Waals surface area contributed by atoms with E-state index in [0.717, 1.165) is 49.3 Å². The number of H-pyrrole nitrogens is 1. The molecule has 0 unspecified atom stereocenters. The normalized spacial score (nSPS) is 11.1. The van der Waals surface area contributed by atoms with E-state index in [2.05, 4.69) is 50.5 Å². The van der Waals surface area contributed by atoms with Crippen molar-refractivity contribution in [2.75, 3.05) is 0 Å². The number of alkyl halides is 1. The van der Waals surface area contributed by atoms with E-state index < -0.39 is 0 Å². The van der Waals surface area contributed by atoms with Crippen molar-refractivity contribution in [1.29, 1.82) is 0 Å². The Balaban J connectivity index is 1.67. The number of carbonyl (C=O) groups excluding carboxylic acids is 1. The molecular formula is C24H21BrClN3O. The molecule has 0 fully saturated rings. The van der Waals surface area contributed by atoms with E-state index in [1.54, 1.807) is 0 Å². The van der Waals surface area contributed by atoms with Crippen molar-refractivity contribution in [2.24, 2.45) is 0 Å². The van der Waals surface area contributed by atoms with Crippen molar-refractivity contribution in [3.05, 3.63) is 87.6 Å². The van der Waals surface area contributed by atoms with Crippen LogP contribution in [0.15, 0.2) is 54.7 Å². The minimum absolute atomic E-state index is 0.108. The van der Waals surface area contributed by atoms with Gasteiger partial charge in [-0.3, -0.25) is 9.89 Å². The maximum Gasteiger partial charge on any atom is 0.251 e. The molecule has 1 aromatic heterocycles. The van der Waals surface area contributed by atoms with E-state index in [0.29, 0.717) is 17.4 Å². The third-order valence-electron chi connectivity index (χ3n) is 5.21. The van der Waals surface area contributed by atoms with Crippen molar-refractivity contribution < 1.29 is 4.79 Å². The van der Waals surface area contributed by atoms with Crippen molar-refractivity contribution in [3.63, 3.8) is 0 Å². The van der Waals surface area contributed by atoms with E-state index in [-0.39, 0.29) is 5.91 Å². The molecule has 3 aromatic carbocycles. The molecule has 0 aliphatic rings. The molecule has 30 heavy (non-hydrogen) atoms. The molecule has 0 aliphatic carbocycles. The second kappa shape index (κ2) is 8.62. The number of nitrogens with zero attached hydrogens (tertiary/aromatic N) is 1. The molecule has 4 nitrogen and oxygen atoms in total. The van der Waals surface area contributed by atoms with Crippen LogP contribution in [0.2, 0.25) is 5.02 Å². The SMILES string of the molecule is Cc1cc(CNC(=O)c2cc(CBr)cc(-c3c(C)ccc4[nH]ncc34)c2)ccc1Cl. The summed E-state index contributed by atoms with van der Waals surface area (Å²) < 4.78 is 0. The van der Waals surface area contributed by atoms with Crippen molar-refractivity contribution in [1.82, 2.24) is 15.5 Å². The first kappa shape index (κ1) is 20.6. The van der Waals surface area contributed by atoms with Gasteiger partial charge in [-0.2, -0.15) is 5.10 Å². The average molecular weight is 483 g/mol. The molecule has 0 saturated carbocycles. The first-order valence-electron chi connectivity index (χ1n) is 9.62.